The SMILES string of the molecule is CCC(CN(CC)CC)C(=O)C(c1ccccc1)c1ccccc1.Cl. The molecule has 0 aliphatic carbocycles. The monoisotopic (exact) mass is 359 g/mol. The molecule has 2 aromatic carbocycles. The van der Waals surface area contributed by atoms with E-state index in [9.17, 15) is 4.79 Å². The summed E-state index contributed by atoms with van der Waals surface area (Å²) in [7, 11) is 0. The van der Waals surface area contributed by atoms with Crippen molar-refractivity contribution in [1.29, 1.82) is 0 Å². The van der Waals surface area contributed by atoms with E-state index in [0.717, 1.165) is 37.2 Å². The van der Waals surface area contributed by atoms with E-state index in [1.165, 1.54) is 0 Å². The van der Waals surface area contributed by atoms with E-state index in [1.807, 2.05) is 36.4 Å². The summed E-state index contributed by atoms with van der Waals surface area (Å²) in [5.41, 5.74) is 2.18. The van der Waals surface area contributed by atoms with Crippen LogP contribution in [-0.2, 0) is 4.79 Å². The number of halogens is 1. The van der Waals surface area contributed by atoms with Crippen molar-refractivity contribution in [3.8, 4) is 0 Å². The number of carbonyl (C=O) groups is 1. The molecule has 25 heavy (non-hydrogen) atoms. The van der Waals surface area contributed by atoms with Gasteiger partial charge < -0.3 is 4.90 Å². The molecule has 1 unspecified atom stereocenters. The molecule has 0 heterocycles. The van der Waals surface area contributed by atoms with E-state index >= 15 is 0 Å². The predicted molar refractivity (Wildman–Crippen MR) is 109 cm³/mol. The molecule has 2 rings (SSSR count). The van der Waals surface area contributed by atoms with Crippen molar-refractivity contribution in [3.05, 3.63) is 71.8 Å². The lowest BCUT2D eigenvalue weighted by Crippen LogP contribution is -2.35. The Morgan fingerprint density at radius 3 is 1.64 bits per heavy atom. The lowest BCUT2D eigenvalue weighted by molar-refractivity contribution is -0.124. The van der Waals surface area contributed by atoms with Crippen molar-refractivity contribution in [2.75, 3.05) is 19.6 Å². The molecular formula is C22H30ClNO. The lowest BCUT2D eigenvalue weighted by Gasteiger charge is -2.27. The number of hydrogen-bond donors (Lipinski definition) is 0. The van der Waals surface area contributed by atoms with Gasteiger partial charge in [0.2, 0.25) is 0 Å². The van der Waals surface area contributed by atoms with Crippen LogP contribution >= 0.6 is 12.4 Å². The van der Waals surface area contributed by atoms with Crippen molar-refractivity contribution in [2.45, 2.75) is 33.1 Å². The first-order valence-electron chi connectivity index (χ1n) is 9.07. The van der Waals surface area contributed by atoms with Crippen LogP contribution in [-0.4, -0.2) is 30.3 Å². The third-order valence-corrected chi connectivity index (χ3v) is 4.82. The molecular weight excluding hydrogens is 330 g/mol. The largest absolute Gasteiger partial charge is 0.303 e. The molecule has 0 spiro atoms. The molecule has 0 saturated heterocycles. The Morgan fingerprint density at radius 2 is 1.28 bits per heavy atom. The van der Waals surface area contributed by atoms with Gasteiger partial charge in [-0.25, -0.2) is 0 Å². The van der Waals surface area contributed by atoms with E-state index in [1.54, 1.807) is 0 Å². The zero-order valence-electron chi connectivity index (χ0n) is 15.5. The van der Waals surface area contributed by atoms with Crippen molar-refractivity contribution in [1.82, 2.24) is 4.90 Å². The van der Waals surface area contributed by atoms with E-state index in [2.05, 4.69) is 49.9 Å². The topological polar surface area (TPSA) is 20.3 Å². The average Bonchev–Trinajstić information content (AvgIpc) is 2.65. The summed E-state index contributed by atoms with van der Waals surface area (Å²) in [6, 6.07) is 20.4. The van der Waals surface area contributed by atoms with Gasteiger partial charge in [0, 0.05) is 12.5 Å². The van der Waals surface area contributed by atoms with Gasteiger partial charge in [-0.1, -0.05) is 81.4 Å². The van der Waals surface area contributed by atoms with Crippen molar-refractivity contribution in [3.63, 3.8) is 0 Å². The summed E-state index contributed by atoms with van der Waals surface area (Å²) in [4.78, 5) is 15.8. The summed E-state index contributed by atoms with van der Waals surface area (Å²) in [5, 5.41) is 0. The van der Waals surface area contributed by atoms with Gasteiger partial charge in [-0.05, 0) is 30.6 Å². The summed E-state index contributed by atoms with van der Waals surface area (Å²) >= 11 is 0. The fraction of sp³-hybridized carbons (Fsp3) is 0.409. The zero-order chi connectivity index (χ0) is 17.4. The van der Waals surface area contributed by atoms with Gasteiger partial charge in [-0.3, -0.25) is 4.79 Å². The Morgan fingerprint density at radius 1 is 0.840 bits per heavy atom. The minimum absolute atomic E-state index is 0. The maximum atomic E-state index is 13.4. The molecule has 2 aromatic rings. The van der Waals surface area contributed by atoms with Crippen molar-refractivity contribution in [2.24, 2.45) is 5.92 Å². The third kappa shape index (κ3) is 5.69. The maximum absolute atomic E-state index is 13.4. The minimum Gasteiger partial charge on any atom is -0.303 e. The van der Waals surface area contributed by atoms with E-state index in [0.29, 0.717) is 5.78 Å². The highest BCUT2D eigenvalue weighted by atomic mass is 35.5. The van der Waals surface area contributed by atoms with Gasteiger partial charge in [-0.2, -0.15) is 0 Å². The van der Waals surface area contributed by atoms with Crippen LogP contribution in [0.25, 0.3) is 0 Å². The predicted octanol–water partition coefficient (Wildman–Crippen LogP) is 5.18. The molecule has 2 nitrogen and oxygen atoms in total. The van der Waals surface area contributed by atoms with Gasteiger partial charge in [0.1, 0.15) is 5.78 Å². The first kappa shape index (κ1) is 21.4. The van der Waals surface area contributed by atoms with Crippen molar-refractivity contribution < 1.29 is 4.79 Å². The number of carbonyl (C=O) groups excluding carboxylic acids is 1. The molecule has 0 saturated carbocycles. The molecule has 0 bridgehead atoms. The zero-order valence-corrected chi connectivity index (χ0v) is 16.3. The van der Waals surface area contributed by atoms with Gasteiger partial charge >= 0.3 is 0 Å². The summed E-state index contributed by atoms with van der Waals surface area (Å²) in [6.45, 7) is 9.26. The standard InChI is InChI=1S/C22H29NO.ClH/c1-4-18(17-23(5-2)6-3)22(24)21(19-13-9-7-10-14-19)20-15-11-8-12-16-20;/h7-16,18,21H,4-6,17H2,1-3H3;1H. The molecule has 136 valence electrons. The Bertz CT molecular complexity index is 571. The van der Waals surface area contributed by atoms with Gasteiger partial charge in [-0.15, -0.1) is 12.4 Å². The van der Waals surface area contributed by atoms with Crippen LogP contribution < -0.4 is 0 Å². The molecule has 0 radical (unpaired) electrons. The second-order valence-corrected chi connectivity index (χ2v) is 6.25. The number of benzene rings is 2. The van der Waals surface area contributed by atoms with Crippen LogP contribution in [0.1, 0.15) is 44.2 Å². The number of nitrogens with zero attached hydrogens (tertiary/aromatic N) is 1. The second kappa shape index (κ2) is 11.1. The maximum Gasteiger partial charge on any atom is 0.149 e. The summed E-state index contributed by atoms with van der Waals surface area (Å²) < 4.78 is 0. The first-order valence-corrected chi connectivity index (χ1v) is 9.07. The normalized spacial score (nSPS) is 12.0. The number of ketones is 1. The third-order valence-electron chi connectivity index (χ3n) is 4.82. The van der Waals surface area contributed by atoms with Gasteiger partial charge in [0.25, 0.3) is 0 Å². The van der Waals surface area contributed by atoms with Crippen LogP contribution in [0.4, 0.5) is 0 Å². The van der Waals surface area contributed by atoms with Crippen LogP contribution in [0.2, 0.25) is 0 Å². The van der Waals surface area contributed by atoms with Gasteiger partial charge in [0.05, 0.1) is 5.92 Å². The molecule has 0 N–H and O–H groups in total. The second-order valence-electron chi connectivity index (χ2n) is 6.25. The van der Waals surface area contributed by atoms with Crippen LogP contribution in [0.3, 0.4) is 0 Å². The smallest absolute Gasteiger partial charge is 0.149 e. The number of Topliss-reactive ketones (excluding diaryl/α,β-unsaturated/α-hetero) is 1. The fourth-order valence-corrected chi connectivity index (χ4v) is 3.26. The Hall–Kier alpha value is -1.64. The molecule has 0 aliphatic rings. The molecule has 1 atom stereocenters. The molecule has 0 aliphatic heterocycles. The van der Waals surface area contributed by atoms with E-state index < -0.39 is 0 Å². The lowest BCUT2D eigenvalue weighted by atomic mass is 9.81. The van der Waals surface area contributed by atoms with Crippen LogP contribution in [0, 0.1) is 5.92 Å². The highest BCUT2D eigenvalue weighted by molar-refractivity contribution is 5.91. The Kier molecular flexibility index (Phi) is 9.48. The van der Waals surface area contributed by atoms with Crippen LogP contribution in [0.5, 0.6) is 0 Å². The Labute approximate surface area is 158 Å². The quantitative estimate of drug-likeness (QED) is 0.615. The highest BCUT2D eigenvalue weighted by Gasteiger charge is 2.29. The van der Waals surface area contributed by atoms with E-state index in [4.69, 9.17) is 0 Å². The van der Waals surface area contributed by atoms with E-state index in [-0.39, 0.29) is 24.2 Å². The highest BCUT2D eigenvalue weighted by Crippen LogP contribution is 2.29. The molecule has 0 fully saturated rings. The Balaban J connectivity index is 0.00000312. The number of rotatable bonds is 9. The molecule has 0 amide bonds. The average molecular weight is 360 g/mol. The van der Waals surface area contributed by atoms with Crippen molar-refractivity contribution >= 4 is 18.2 Å². The molecule has 0 aromatic heterocycles. The van der Waals surface area contributed by atoms with Crippen LogP contribution in [0.15, 0.2) is 60.7 Å². The summed E-state index contributed by atoms with van der Waals surface area (Å²) in [5.74, 6) is 0.227. The number of hydrogen-bond acceptors (Lipinski definition) is 2. The molecule has 3 heteroatoms. The van der Waals surface area contributed by atoms with Gasteiger partial charge in [0.15, 0.2) is 0 Å². The first-order chi connectivity index (χ1) is 11.7. The minimum atomic E-state index is -0.173. The summed E-state index contributed by atoms with van der Waals surface area (Å²) in [6.07, 6.45) is 0.880. The fourth-order valence-electron chi connectivity index (χ4n) is 3.26.